The molecule has 8 nitrogen and oxygen atoms in total. The number of fused-ring (bicyclic) bond motifs is 3. The van der Waals surface area contributed by atoms with E-state index in [0.717, 1.165) is 38.0 Å². The molecule has 2 fully saturated rings. The fourth-order valence-electron chi connectivity index (χ4n) is 5.98. The Hall–Kier alpha value is -3.17. The third-order valence-electron chi connectivity index (χ3n) is 7.88. The smallest absolute Gasteiger partial charge is 0.407 e. The van der Waals surface area contributed by atoms with Crippen molar-refractivity contribution in [2.45, 2.75) is 43.7 Å². The normalized spacial score (nSPS) is 25.7. The third kappa shape index (κ3) is 4.53. The Morgan fingerprint density at radius 2 is 1.86 bits per heavy atom. The lowest BCUT2D eigenvalue weighted by Gasteiger charge is -2.35. The van der Waals surface area contributed by atoms with Crippen molar-refractivity contribution in [3.8, 4) is 5.75 Å². The van der Waals surface area contributed by atoms with Crippen LogP contribution in [0.15, 0.2) is 48.5 Å². The van der Waals surface area contributed by atoms with E-state index in [2.05, 4.69) is 22.5 Å². The van der Waals surface area contributed by atoms with E-state index in [1.165, 1.54) is 17.0 Å². The summed E-state index contributed by atoms with van der Waals surface area (Å²) in [5, 5.41) is 11.1. The Kier molecular flexibility index (Phi) is 6.85. The highest BCUT2D eigenvalue weighted by Gasteiger charge is 2.57. The average molecular weight is 497 g/mol. The molecule has 2 aromatic rings. The second-order valence-electron chi connectivity index (χ2n) is 9.96. The van der Waals surface area contributed by atoms with Gasteiger partial charge in [-0.05, 0) is 50.4 Å². The van der Waals surface area contributed by atoms with Crippen molar-refractivity contribution in [3.05, 3.63) is 59.9 Å². The molecule has 3 atom stereocenters. The molecule has 3 aliphatic rings. The molecule has 3 aliphatic heterocycles. The van der Waals surface area contributed by atoms with Crippen LogP contribution in [0.4, 0.5) is 14.9 Å². The molecule has 0 bridgehead atoms. The molecular weight excluding hydrogens is 463 g/mol. The summed E-state index contributed by atoms with van der Waals surface area (Å²) in [5.74, 6) is 0.150. The van der Waals surface area contributed by atoms with E-state index in [1.807, 2.05) is 23.2 Å². The number of amides is 1. The molecule has 192 valence electrons. The zero-order chi connectivity index (χ0) is 25.3. The Morgan fingerprint density at radius 3 is 2.56 bits per heavy atom. The van der Waals surface area contributed by atoms with Gasteiger partial charge in [0.15, 0.2) is 5.78 Å². The minimum atomic E-state index is -0.862. The summed E-state index contributed by atoms with van der Waals surface area (Å²) in [4.78, 5) is 28.3. The van der Waals surface area contributed by atoms with Crippen molar-refractivity contribution in [2.75, 3.05) is 44.3 Å². The van der Waals surface area contributed by atoms with Crippen molar-refractivity contribution in [1.82, 2.24) is 15.2 Å². The Bertz CT molecular complexity index is 1110. The molecule has 3 heterocycles. The first-order valence-electron chi connectivity index (χ1n) is 12.6. The van der Waals surface area contributed by atoms with Gasteiger partial charge in [0.05, 0.1) is 11.7 Å². The number of halogens is 1. The minimum Gasteiger partial charge on any atom is -0.489 e. The fourth-order valence-corrected chi connectivity index (χ4v) is 5.98. The topological polar surface area (TPSA) is 85.4 Å². The van der Waals surface area contributed by atoms with Crippen LogP contribution in [0.3, 0.4) is 0 Å². The highest BCUT2D eigenvalue weighted by molar-refractivity contribution is 5.89. The Labute approximate surface area is 210 Å². The van der Waals surface area contributed by atoms with Gasteiger partial charge in [0.2, 0.25) is 0 Å². The number of hydrogen-bond donors (Lipinski definition) is 2. The zero-order valence-electron chi connectivity index (χ0n) is 20.5. The van der Waals surface area contributed by atoms with E-state index < -0.39 is 11.6 Å². The van der Waals surface area contributed by atoms with Crippen LogP contribution < -0.4 is 15.2 Å². The first-order chi connectivity index (χ1) is 17.4. The van der Waals surface area contributed by atoms with Gasteiger partial charge in [-0.25, -0.2) is 14.6 Å². The molecule has 2 unspecified atom stereocenters. The number of ether oxygens (including phenoxy) is 1. The second kappa shape index (κ2) is 10.1. The van der Waals surface area contributed by atoms with Gasteiger partial charge in [-0.2, -0.15) is 0 Å². The highest BCUT2D eigenvalue weighted by Crippen LogP contribution is 2.48. The molecular formula is C27H33FN4O4. The number of anilines is 1. The van der Waals surface area contributed by atoms with Gasteiger partial charge >= 0.3 is 6.09 Å². The molecule has 0 aliphatic carbocycles. The van der Waals surface area contributed by atoms with Gasteiger partial charge in [-0.15, -0.1) is 0 Å². The SMILES string of the molecule is CC(=O)C1(CCCCN2CCN(C(=O)O)CC2)NN2c3cc(F)ccc3OCC2[C@@H]1c1ccccc1. The van der Waals surface area contributed by atoms with Crippen molar-refractivity contribution >= 4 is 17.6 Å². The van der Waals surface area contributed by atoms with Gasteiger partial charge < -0.3 is 14.7 Å². The lowest BCUT2D eigenvalue weighted by molar-refractivity contribution is -0.123. The van der Waals surface area contributed by atoms with E-state index in [1.54, 1.807) is 13.0 Å². The Balaban J connectivity index is 1.35. The van der Waals surface area contributed by atoms with Gasteiger partial charge in [0.1, 0.15) is 23.7 Å². The average Bonchev–Trinajstić information content (AvgIpc) is 3.23. The summed E-state index contributed by atoms with van der Waals surface area (Å²) in [6, 6.07) is 14.4. The number of unbranched alkanes of at least 4 members (excludes halogenated alkanes) is 1. The lowest BCUT2D eigenvalue weighted by atomic mass is 9.72. The maximum atomic E-state index is 14.2. The first kappa shape index (κ1) is 24.5. The minimum absolute atomic E-state index is 0.0544. The monoisotopic (exact) mass is 496 g/mol. The molecule has 2 N–H and O–H groups in total. The molecule has 0 aromatic heterocycles. The van der Waals surface area contributed by atoms with Gasteiger partial charge in [-0.1, -0.05) is 30.3 Å². The lowest BCUT2D eigenvalue weighted by Crippen LogP contribution is -2.53. The van der Waals surface area contributed by atoms with Crippen molar-refractivity contribution in [1.29, 1.82) is 0 Å². The van der Waals surface area contributed by atoms with Crippen molar-refractivity contribution < 1.29 is 23.8 Å². The number of hydrogen-bond acceptors (Lipinski definition) is 6. The van der Waals surface area contributed by atoms with Crippen LogP contribution in [0.25, 0.3) is 0 Å². The maximum absolute atomic E-state index is 14.2. The molecule has 0 radical (unpaired) electrons. The molecule has 9 heteroatoms. The van der Waals surface area contributed by atoms with Crippen LogP contribution in [0, 0.1) is 5.82 Å². The van der Waals surface area contributed by atoms with Gasteiger partial charge in [0, 0.05) is 38.2 Å². The number of ketones is 1. The number of carbonyl (C=O) groups is 2. The van der Waals surface area contributed by atoms with Crippen LogP contribution in [0.2, 0.25) is 0 Å². The molecule has 2 aromatic carbocycles. The highest BCUT2D eigenvalue weighted by atomic mass is 19.1. The number of carbonyl (C=O) groups excluding carboxylic acids is 1. The largest absolute Gasteiger partial charge is 0.489 e. The van der Waals surface area contributed by atoms with Gasteiger partial charge in [0.25, 0.3) is 0 Å². The summed E-state index contributed by atoms with van der Waals surface area (Å²) in [7, 11) is 0. The number of rotatable bonds is 7. The Morgan fingerprint density at radius 1 is 1.11 bits per heavy atom. The summed E-state index contributed by atoms with van der Waals surface area (Å²) in [6.45, 7) is 5.40. The fraction of sp³-hybridized carbons (Fsp3) is 0.481. The summed E-state index contributed by atoms with van der Waals surface area (Å²) < 4.78 is 20.2. The molecule has 2 saturated heterocycles. The zero-order valence-corrected chi connectivity index (χ0v) is 20.5. The van der Waals surface area contributed by atoms with Crippen molar-refractivity contribution in [2.24, 2.45) is 0 Å². The number of carboxylic acid groups (broad SMARTS) is 1. The number of hydrazine groups is 1. The van der Waals surface area contributed by atoms with E-state index >= 15 is 0 Å². The van der Waals surface area contributed by atoms with Crippen LogP contribution in [0.5, 0.6) is 5.75 Å². The van der Waals surface area contributed by atoms with Crippen LogP contribution in [0.1, 0.15) is 37.7 Å². The summed E-state index contributed by atoms with van der Waals surface area (Å²) >= 11 is 0. The number of piperazine rings is 1. The molecule has 1 amide bonds. The van der Waals surface area contributed by atoms with E-state index in [0.29, 0.717) is 37.6 Å². The van der Waals surface area contributed by atoms with Crippen molar-refractivity contribution in [3.63, 3.8) is 0 Å². The number of Topliss-reactive ketones (excluding diaryl/α,β-unsaturated/α-hetero) is 1. The van der Waals surface area contributed by atoms with E-state index in [4.69, 9.17) is 9.84 Å². The van der Waals surface area contributed by atoms with Crippen LogP contribution in [-0.2, 0) is 4.79 Å². The first-order valence-corrected chi connectivity index (χ1v) is 12.6. The molecule has 0 saturated carbocycles. The second-order valence-corrected chi connectivity index (χ2v) is 9.96. The number of benzene rings is 2. The maximum Gasteiger partial charge on any atom is 0.407 e. The quantitative estimate of drug-likeness (QED) is 0.568. The van der Waals surface area contributed by atoms with Gasteiger partial charge in [-0.3, -0.25) is 14.7 Å². The predicted octanol–water partition coefficient (Wildman–Crippen LogP) is 3.49. The van der Waals surface area contributed by atoms with E-state index in [9.17, 15) is 14.0 Å². The number of nitrogens with zero attached hydrogens (tertiary/aromatic N) is 3. The molecule has 0 spiro atoms. The number of nitrogens with one attached hydrogen (secondary N) is 1. The van der Waals surface area contributed by atoms with Crippen LogP contribution >= 0.6 is 0 Å². The summed E-state index contributed by atoms with van der Waals surface area (Å²) in [6.07, 6.45) is 1.50. The molecule has 5 rings (SSSR count). The third-order valence-corrected chi connectivity index (χ3v) is 7.88. The standard InChI is InChI=1S/C27H33FN4O4/c1-19(33)27(11-5-6-12-30-13-15-31(16-14-30)26(34)35)25(20-7-3-2-4-8-20)23-18-36-24-10-9-21(28)17-22(24)32(23)29-27/h2-4,7-10,17,23,25,29H,5-6,11-16,18H2,1H3,(H,34,35)/t23?,25-,27?/m0/s1. The van der Waals surface area contributed by atoms with E-state index in [-0.39, 0.29) is 23.6 Å². The molecule has 36 heavy (non-hydrogen) atoms. The summed E-state index contributed by atoms with van der Waals surface area (Å²) in [5.41, 5.74) is 4.38. The van der Waals surface area contributed by atoms with Crippen LogP contribution in [-0.4, -0.2) is 77.7 Å². The predicted molar refractivity (Wildman–Crippen MR) is 134 cm³/mol.